The number of rotatable bonds is 2. The quantitative estimate of drug-likeness (QED) is 0.800. The molecule has 1 aromatic carbocycles. The Bertz CT molecular complexity index is 776. The Morgan fingerprint density at radius 1 is 1.11 bits per heavy atom. The fourth-order valence-corrected chi connectivity index (χ4v) is 1.53. The predicted octanol–water partition coefficient (Wildman–Crippen LogP) is 1.21. The van der Waals surface area contributed by atoms with Crippen LogP contribution in [0, 0.1) is 34.0 Å². The molecular weight excluding hydrogens is 242 g/mol. The van der Waals surface area contributed by atoms with Gasteiger partial charge < -0.3 is 5.32 Å². The first-order valence-electron chi connectivity index (χ1n) is 5.20. The molecule has 19 heavy (non-hydrogen) atoms. The molecule has 0 aliphatic heterocycles. The van der Waals surface area contributed by atoms with Gasteiger partial charge in [-0.1, -0.05) is 0 Å². The standard InChI is InChI=1S/C12H7N7/c1-19-17-10-3-2-9(4-11(10)18-19)16-12(7-15)8(5-13)6-14/h2-4,16H,1H3. The average molecular weight is 249 g/mol. The first-order chi connectivity index (χ1) is 9.17. The normalized spacial score (nSPS) is 9.16. The minimum Gasteiger partial charge on any atom is -0.345 e. The molecule has 1 heterocycles. The van der Waals surface area contributed by atoms with Crippen molar-refractivity contribution in [1.82, 2.24) is 15.0 Å². The summed E-state index contributed by atoms with van der Waals surface area (Å²) >= 11 is 0. The van der Waals surface area contributed by atoms with Crippen molar-refractivity contribution in [3.8, 4) is 18.2 Å². The molecule has 2 aromatic rings. The molecular formula is C12H7N7. The zero-order valence-electron chi connectivity index (χ0n) is 9.92. The monoisotopic (exact) mass is 249 g/mol. The fourth-order valence-electron chi connectivity index (χ4n) is 1.53. The Morgan fingerprint density at radius 3 is 2.42 bits per heavy atom. The third kappa shape index (κ3) is 2.33. The molecule has 0 saturated heterocycles. The summed E-state index contributed by atoms with van der Waals surface area (Å²) in [4.78, 5) is 1.44. The van der Waals surface area contributed by atoms with Crippen molar-refractivity contribution in [3.05, 3.63) is 29.5 Å². The Morgan fingerprint density at radius 2 is 1.79 bits per heavy atom. The minimum atomic E-state index is -0.262. The van der Waals surface area contributed by atoms with Crippen molar-refractivity contribution in [2.24, 2.45) is 7.05 Å². The summed E-state index contributed by atoms with van der Waals surface area (Å²) in [5, 5.41) is 37.4. The van der Waals surface area contributed by atoms with Crippen molar-refractivity contribution in [2.75, 3.05) is 5.32 Å². The number of nitrogens with zero attached hydrogens (tertiary/aromatic N) is 6. The van der Waals surface area contributed by atoms with Gasteiger partial charge in [0.05, 0.1) is 0 Å². The molecule has 1 aromatic heterocycles. The molecule has 0 fully saturated rings. The van der Waals surface area contributed by atoms with Crippen molar-refractivity contribution >= 4 is 16.7 Å². The zero-order chi connectivity index (χ0) is 13.8. The highest BCUT2D eigenvalue weighted by Crippen LogP contribution is 2.17. The summed E-state index contributed by atoms with van der Waals surface area (Å²) in [6.07, 6.45) is 0. The Labute approximate surface area is 108 Å². The maximum Gasteiger partial charge on any atom is 0.163 e. The maximum atomic E-state index is 8.93. The van der Waals surface area contributed by atoms with Crippen LogP contribution in [0.2, 0.25) is 0 Å². The molecule has 0 aliphatic rings. The summed E-state index contributed by atoms with van der Waals surface area (Å²) in [5.74, 6) is 0. The van der Waals surface area contributed by atoms with E-state index in [-0.39, 0.29) is 11.3 Å². The molecule has 0 unspecified atom stereocenters. The first-order valence-corrected chi connectivity index (χ1v) is 5.20. The van der Waals surface area contributed by atoms with Crippen molar-refractivity contribution in [2.45, 2.75) is 0 Å². The van der Waals surface area contributed by atoms with Crippen molar-refractivity contribution in [3.63, 3.8) is 0 Å². The van der Waals surface area contributed by atoms with Gasteiger partial charge in [0.1, 0.15) is 34.9 Å². The second kappa shape index (κ2) is 4.87. The molecule has 0 atom stereocenters. The van der Waals surface area contributed by atoms with Gasteiger partial charge in [0.25, 0.3) is 0 Å². The average Bonchev–Trinajstić information content (AvgIpc) is 2.78. The number of hydrogen-bond acceptors (Lipinski definition) is 6. The van der Waals surface area contributed by atoms with Crippen LogP contribution in [-0.4, -0.2) is 15.0 Å². The first kappa shape index (κ1) is 12.1. The maximum absolute atomic E-state index is 8.93. The number of nitrogens with one attached hydrogen (secondary N) is 1. The van der Waals surface area contributed by atoms with Gasteiger partial charge in [-0.2, -0.15) is 30.8 Å². The van der Waals surface area contributed by atoms with Gasteiger partial charge in [-0.15, -0.1) is 0 Å². The molecule has 90 valence electrons. The van der Waals surface area contributed by atoms with Crippen LogP contribution in [0.4, 0.5) is 5.69 Å². The van der Waals surface area contributed by atoms with E-state index in [1.807, 2.05) is 0 Å². The summed E-state index contributed by atoms with van der Waals surface area (Å²) in [5.41, 5.74) is 1.58. The van der Waals surface area contributed by atoms with Crippen LogP contribution in [0.3, 0.4) is 0 Å². The van der Waals surface area contributed by atoms with E-state index in [9.17, 15) is 0 Å². The predicted molar refractivity (Wildman–Crippen MR) is 66.0 cm³/mol. The Hall–Kier alpha value is -3.37. The number of fused-ring (bicyclic) bond motifs is 1. The second-order valence-electron chi connectivity index (χ2n) is 3.60. The number of aromatic nitrogens is 3. The van der Waals surface area contributed by atoms with Crippen molar-refractivity contribution in [1.29, 1.82) is 15.8 Å². The number of aryl methyl sites for hydroxylation is 1. The molecule has 0 aliphatic carbocycles. The number of hydrogen-bond donors (Lipinski definition) is 1. The molecule has 7 heteroatoms. The van der Waals surface area contributed by atoms with Crippen LogP contribution < -0.4 is 5.32 Å². The lowest BCUT2D eigenvalue weighted by Crippen LogP contribution is -2.00. The third-order valence-electron chi connectivity index (χ3n) is 2.34. The van der Waals surface area contributed by atoms with Crippen LogP contribution in [0.5, 0.6) is 0 Å². The number of allylic oxidation sites excluding steroid dienone is 2. The molecule has 0 spiro atoms. The van der Waals surface area contributed by atoms with E-state index in [0.717, 1.165) is 5.52 Å². The second-order valence-corrected chi connectivity index (χ2v) is 3.60. The Balaban J connectivity index is 2.42. The topological polar surface area (TPSA) is 114 Å². The van der Waals surface area contributed by atoms with Crippen LogP contribution in [0.1, 0.15) is 0 Å². The summed E-state index contributed by atoms with van der Waals surface area (Å²) in [6.45, 7) is 0. The molecule has 0 radical (unpaired) electrons. The van der Waals surface area contributed by atoms with Gasteiger partial charge in [-0.3, -0.25) is 0 Å². The summed E-state index contributed by atoms with van der Waals surface area (Å²) < 4.78 is 0. The van der Waals surface area contributed by atoms with Gasteiger partial charge in [0.15, 0.2) is 5.57 Å². The number of anilines is 1. The van der Waals surface area contributed by atoms with E-state index in [4.69, 9.17) is 15.8 Å². The lowest BCUT2D eigenvalue weighted by Gasteiger charge is -2.03. The van der Waals surface area contributed by atoms with Crippen molar-refractivity contribution < 1.29 is 0 Å². The number of benzene rings is 1. The zero-order valence-corrected chi connectivity index (χ0v) is 9.92. The highest BCUT2D eigenvalue weighted by Gasteiger charge is 2.07. The van der Waals surface area contributed by atoms with Gasteiger partial charge in [-0.05, 0) is 18.2 Å². The molecule has 0 amide bonds. The summed E-state index contributed by atoms with van der Waals surface area (Å²) in [7, 11) is 1.71. The van der Waals surface area contributed by atoms with Crippen LogP contribution in [-0.2, 0) is 7.05 Å². The lowest BCUT2D eigenvalue weighted by molar-refractivity contribution is 0.665. The molecule has 1 N–H and O–H groups in total. The molecule has 0 saturated carbocycles. The lowest BCUT2D eigenvalue weighted by atomic mass is 10.2. The summed E-state index contributed by atoms with van der Waals surface area (Å²) in [6, 6.07) is 10.2. The highest BCUT2D eigenvalue weighted by molar-refractivity contribution is 5.79. The van der Waals surface area contributed by atoms with E-state index in [1.165, 1.54) is 4.80 Å². The largest absolute Gasteiger partial charge is 0.345 e. The molecule has 7 nitrogen and oxygen atoms in total. The van der Waals surface area contributed by atoms with E-state index < -0.39 is 0 Å². The molecule has 0 bridgehead atoms. The van der Waals surface area contributed by atoms with Gasteiger partial charge >= 0.3 is 0 Å². The van der Waals surface area contributed by atoms with E-state index in [2.05, 4.69) is 15.5 Å². The van der Waals surface area contributed by atoms with E-state index in [0.29, 0.717) is 11.2 Å². The third-order valence-corrected chi connectivity index (χ3v) is 2.34. The van der Waals surface area contributed by atoms with Crippen LogP contribution in [0.25, 0.3) is 11.0 Å². The van der Waals surface area contributed by atoms with Gasteiger partial charge in [-0.25, -0.2) is 0 Å². The highest BCUT2D eigenvalue weighted by atomic mass is 15.4. The Kier molecular flexibility index (Phi) is 3.10. The minimum absolute atomic E-state index is 0.0896. The van der Waals surface area contributed by atoms with Crippen LogP contribution >= 0.6 is 0 Å². The fraction of sp³-hybridized carbons (Fsp3) is 0.0833. The van der Waals surface area contributed by atoms with E-state index >= 15 is 0 Å². The van der Waals surface area contributed by atoms with Gasteiger partial charge in [0.2, 0.25) is 0 Å². The SMILES string of the molecule is Cn1nc2ccc(NC(C#N)=C(C#N)C#N)cc2n1. The number of nitriles is 3. The van der Waals surface area contributed by atoms with Gasteiger partial charge in [0, 0.05) is 12.7 Å². The van der Waals surface area contributed by atoms with E-state index in [1.54, 1.807) is 43.5 Å². The van der Waals surface area contributed by atoms with Crippen LogP contribution in [0.15, 0.2) is 29.5 Å². The molecule has 2 rings (SSSR count). The smallest absolute Gasteiger partial charge is 0.163 e.